The lowest BCUT2D eigenvalue weighted by Crippen LogP contribution is -2.33. The van der Waals surface area contributed by atoms with Crippen LogP contribution >= 0.6 is 0 Å². The normalized spacial score (nSPS) is 14.2. The van der Waals surface area contributed by atoms with Crippen LogP contribution in [0.3, 0.4) is 0 Å². The van der Waals surface area contributed by atoms with E-state index in [0.29, 0.717) is 12.8 Å². The minimum Gasteiger partial charge on any atom is -0.481 e. The molecule has 0 aliphatic heterocycles. The van der Waals surface area contributed by atoms with Crippen LogP contribution in [-0.4, -0.2) is 11.1 Å². The molecule has 1 rings (SSSR count). The van der Waals surface area contributed by atoms with Crippen molar-refractivity contribution in [1.82, 2.24) is 0 Å². The summed E-state index contributed by atoms with van der Waals surface area (Å²) in [6, 6.07) is 8.09. The number of benzene rings is 1. The second-order valence-electron chi connectivity index (χ2n) is 5.15. The van der Waals surface area contributed by atoms with E-state index in [-0.39, 0.29) is 0 Å². The van der Waals surface area contributed by atoms with Crippen LogP contribution < -0.4 is 0 Å². The quantitative estimate of drug-likeness (QED) is 0.785. The van der Waals surface area contributed by atoms with E-state index in [1.165, 1.54) is 5.56 Å². The average molecular weight is 248 g/mol. The second-order valence-corrected chi connectivity index (χ2v) is 5.15. The molecule has 0 bridgehead atoms. The van der Waals surface area contributed by atoms with E-state index in [0.717, 1.165) is 24.8 Å². The summed E-state index contributed by atoms with van der Waals surface area (Å²) in [6.07, 6.45) is 4.13. The molecule has 100 valence electrons. The van der Waals surface area contributed by atoms with E-state index in [2.05, 4.69) is 26.0 Å². The van der Waals surface area contributed by atoms with Crippen molar-refractivity contribution in [3.05, 3.63) is 35.4 Å². The van der Waals surface area contributed by atoms with Crippen LogP contribution in [0.25, 0.3) is 0 Å². The highest BCUT2D eigenvalue weighted by Crippen LogP contribution is 2.34. The van der Waals surface area contributed by atoms with Gasteiger partial charge in [-0.15, -0.1) is 0 Å². The summed E-state index contributed by atoms with van der Waals surface area (Å²) < 4.78 is 0. The molecule has 2 nitrogen and oxygen atoms in total. The van der Waals surface area contributed by atoms with Gasteiger partial charge in [0.25, 0.3) is 0 Å². The summed E-state index contributed by atoms with van der Waals surface area (Å²) in [5, 5.41) is 9.60. The molecule has 0 aromatic heterocycles. The molecular formula is C16H24O2. The fraction of sp³-hybridized carbons (Fsp3) is 0.562. The fourth-order valence-electron chi connectivity index (χ4n) is 2.41. The third-order valence-electron chi connectivity index (χ3n) is 3.93. The van der Waals surface area contributed by atoms with E-state index >= 15 is 0 Å². The van der Waals surface area contributed by atoms with Crippen LogP contribution in [0.4, 0.5) is 0 Å². The minimum absolute atomic E-state index is 0.595. The number of aliphatic carboxylic acids is 1. The molecule has 2 heteroatoms. The first kappa shape index (κ1) is 14.7. The molecule has 1 N–H and O–H groups in total. The number of unbranched alkanes of at least 4 members (excludes halogenated alkanes) is 1. The summed E-state index contributed by atoms with van der Waals surface area (Å²) in [7, 11) is 0. The fourth-order valence-corrected chi connectivity index (χ4v) is 2.41. The SMILES string of the molecule is CCCCC(CC)(Cc1ccccc1C)C(=O)O. The van der Waals surface area contributed by atoms with Gasteiger partial charge in [-0.05, 0) is 37.3 Å². The Morgan fingerprint density at radius 3 is 2.44 bits per heavy atom. The lowest BCUT2D eigenvalue weighted by Gasteiger charge is -2.29. The number of aryl methyl sites for hydroxylation is 1. The van der Waals surface area contributed by atoms with E-state index in [9.17, 15) is 9.90 Å². The lowest BCUT2D eigenvalue weighted by atomic mass is 9.74. The second kappa shape index (κ2) is 6.58. The molecule has 0 spiro atoms. The molecule has 0 aliphatic carbocycles. The summed E-state index contributed by atoms with van der Waals surface area (Å²) in [6.45, 7) is 6.15. The van der Waals surface area contributed by atoms with E-state index in [1.54, 1.807) is 0 Å². The van der Waals surface area contributed by atoms with Crippen molar-refractivity contribution >= 4 is 5.97 Å². The molecule has 0 saturated heterocycles. The van der Waals surface area contributed by atoms with Gasteiger partial charge in [0.2, 0.25) is 0 Å². The van der Waals surface area contributed by atoms with Crippen LogP contribution in [0.5, 0.6) is 0 Å². The molecule has 0 aliphatic rings. The maximum absolute atomic E-state index is 11.7. The first-order chi connectivity index (χ1) is 8.55. The summed E-state index contributed by atoms with van der Waals surface area (Å²) in [5.41, 5.74) is 1.76. The zero-order valence-corrected chi connectivity index (χ0v) is 11.7. The Labute approximate surface area is 110 Å². The van der Waals surface area contributed by atoms with Crippen molar-refractivity contribution < 1.29 is 9.90 Å². The molecule has 0 fully saturated rings. The van der Waals surface area contributed by atoms with E-state index < -0.39 is 11.4 Å². The average Bonchev–Trinajstić information content (AvgIpc) is 2.36. The molecule has 1 unspecified atom stereocenters. The van der Waals surface area contributed by atoms with E-state index in [4.69, 9.17) is 0 Å². The standard InChI is InChI=1S/C16H24O2/c1-4-6-11-16(5-2,15(17)18)12-14-10-8-7-9-13(14)3/h7-10H,4-6,11-12H2,1-3H3,(H,17,18). The molecule has 0 heterocycles. The number of hydrogen-bond donors (Lipinski definition) is 1. The highest BCUT2D eigenvalue weighted by molar-refractivity contribution is 5.75. The Morgan fingerprint density at radius 2 is 1.94 bits per heavy atom. The van der Waals surface area contributed by atoms with Gasteiger partial charge in [-0.25, -0.2) is 0 Å². The molecule has 1 aromatic carbocycles. The predicted octanol–water partition coefficient (Wildman–Crippen LogP) is 4.21. The number of carbonyl (C=O) groups is 1. The molecule has 1 atom stereocenters. The predicted molar refractivity (Wildman–Crippen MR) is 74.8 cm³/mol. The Hall–Kier alpha value is -1.31. The zero-order valence-electron chi connectivity index (χ0n) is 11.7. The topological polar surface area (TPSA) is 37.3 Å². The van der Waals surface area contributed by atoms with Crippen molar-refractivity contribution in [3.8, 4) is 0 Å². The van der Waals surface area contributed by atoms with Crippen molar-refractivity contribution in [2.24, 2.45) is 5.41 Å². The van der Waals surface area contributed by atoms with Gasteiger partial charge in [0.05, 0.1) is 5.41 Å². The third kappa shape index (κ3) is 3.34. The van der Waals surface area contributed by atoms with Crippen molar-refractivity contribution in [2.75, 3.05) is 0 Å². The summed E-state index contributed by atoms with van der Waals surface area (Å²) >= 11 is 0. The van der Waals surface area contributed by atoms with Gasteiger partial charge in [0.15, 0.2) is 0 Å². The summed E-state index contributed by atoms with van der Waals surface area (Å²) in [5.74, 6) is -0.651. The van der Waals surface area contributed by atoms with Crippen molar-refractivity contribution in [3.63, 3.8) is 0 Å². The van der Waals surface area contributed by atoms with Crippen molar-refractivity contribution in [1.29, 1.82) is 0 Å². The van der Waals surface area contributed by atoms with Gasteiger partial charge in [0.1, 0.15) is 0 Å². The lowest BCUT2D eigenvalue weighted by molar-refractivity contribution is -0.149. The molecule has 1 aromatic rings. The van der Waals surface area contributed by atoms with Crippen LogP contribution in [0.1, 0.15) is 50.7 Å². The van der Waals surface area contributed by atoms with Gasteiger partial charge in [-0.3, -0.25) is 4.79 Å². The maximum Gasteiger partial charge on any atom is 0.309 e. The number of carboxylic acids is 1. The number of rotatable bonds is 7. The highest BCUT2D eigenvalue weighted by atomic mass is 16.4. The molecule has 0 saturated carbocycles. The maximum atomic E-state index is 11.7. The summed E-state index contributed by atoms with van der Waals surface area (Å²) in [4.78, 5) is 11.7. The van der Waals surface area contributed by atoms with E-state index in [1.807, 2.05) is 19.1 Å². The van der Waals surface area contributed by atoms with Gasteiger partial charge < -0.3 is 5.11 Å². The Kier molecular flexibility index (Phi) is 5.39. The molecular weight excluding hydrogens is 224 g/mol. The number of hydrogen-bond acceptors (Lipinski definition) is 1. The van der Waals surface area contributed by atoms with Gasteiger partial charge in [0, 0.05) is 0 Å². The zero-order chi connectivity index (χ0) is 13.6. The Balaban J connectivity index is 2.97. The van der Waals surface area contributed by atoms with Crippen LogP contribution in [0.2, 0.25) is 0 Å². The molecule has 18 heavy (non-hydrogen) atoms. The Bertz CT molecular complexity index is 398. The Morgan fingerprint density at radius 1 is 1.28 bits per heavy atom. The first-order valence-electron chi connectivity index (χ1n) is 6.83. The van der Waals surface area contributed by atoms with Gasteiger partial charge in [-0.1, -0.05) is 51.0 Å². The highest BCUT2D eigenvalue weighted by Gasteiger charge is 2.36. The van der Waals surface area contributed by atoms with Gasteiger partial charge >= 0.3 is 5.97 Å². The smallest absolute Gasteiger partial charge is 0.309 e. The number of carboxylic acid groups (broad SMARTS) is 1. The van der Waals surface area contributed by atoms with Crippen LogP contribution in [0, 0.1) is 12.3 Å². The molecule has 0 amide bonds. The van der Waals surface area contributed by atoms with Crippen LogP contribution in [0.15, 0.2) is 24.3 Å². The van der Waals surface area contributed by atoms with Crippen molar-refractivity contribution in [2.45, 2.75) is 52.9 Å². The van der Waals surface area contributed by atoms with Crippen LogP contribution in [-0.2, 0) is 11.2 Å². The minimum atomic E-state index is -0.651. The monoisotopic (exact) mass is 248 g/mol. The molecule has 0 radical (unpaired) electrons. The van der Waals surface area contributed by atoms with Gasteiger partial charge in [-0.2, -0.15) is 0 Å². The first-order valence-corrected chi connectivity index (χ1v) is 6.83. The third-order valence-corrected chi connectivity index (χ3v) is 3.93. The largest absolute Gasteiger partial charge is 0.481 e.